The van der Waals surface area contributed by atoms with Gasteiger partial charge in [0.15, 0.2) is 5.92 Å². The minimum Gasteiger partial charge on any atom is -0.469 e. The lowest BCUT2D eigenvalue weighted by atomic mass is 9.84. The van der Waals surface area contributed by atoms with Gasteiger partial charge in [-0.05, 0) is 60.2 Å². The van der Waals surface area contributed by atoms with Crippen molar-refractivity contribution in [2.75, 3.05) is 28.4 Å². The van der Waals surface area contributed by atoms with Crippen LogP contribution >= 0.6 is 0 Å². The van der Waals surface area contributed by atoms with E-state index in [1.807, 2.05) is 20.8 Å². The molecule has 0 saturated carbocycles. The lowest BCUT2D eigenvalue weighted by molar-refractivity contribution is -0.161. The highest BCUT2D eigenvalue weighted by Gasteiger charge is 2.63. The number of carbonyl (C=O) groups excluding carboxylic acids is 3. The third-order valence-electron chi connectivity index (χ3n) is 7.47. The fourth-order valence-electron chi connectivity index (χ4n) is 4.54. The van der Waals surface area contributed by atoms with Crippen LogP contribution in [0.2, 0.25) is 0 Å². The first-order valence-electron chi connectivity index (χ1n) is 11.2. The van der Waals surface area contributed by atoms with Crippen molar-refractivity contribution in [3.05, 3.63) is 29.8 Å². The number of sulfonamides is 1. The third kappa shape index (κ3) is 4.94. The minimum atomic E-state index is -4.14. The first-order valence-corrected chi connectivity index (χ1v) is 12.6. The first kappa shape index (κ1) is 28.7. The molecule has 1 fully saturated rings. The Bertz CT molecular complexity index is 1050. The van der Waals surface area contributed by atoms with Crippen molar-refractivity contribution < 1.29 is 37.0 Å². The third-order valence-corrected chi connectivity index (χ3v) is 9.53. The maximum atomic E-state index is 14.1. The topological polar surface area (TPSA) is 120 Å². The van der Waals surface area contributed by atoms with Gasteiger partial charge in [-0.2, -0.15) is 4.31 Å². The number of rotatable bonds is 8. The van der Waals surface area contributed by atoms with E-state index in [2.05, 4.69) is 0 Å². The number of hydrogen-bond acceptors (Lipinski definition) is 9. The molecule has 0 amide bonds. The number of ether oxygens (including phenoxy) is 3. The number of aryl methyl sites for hydroxylation is 1. The van der Waals surface area contributed by atoms with Gasteiger partial charge in [0.1, 0.15) is 0 Å². The van der Waals surface area contributed by atoms with Crippen LogP contribution < -0.4 is 0 Å². The number of likely N-dealkylation sites (N-methyl/N-ethyl adjacent to an activating group) is 1. The van der Waals surface area contributed by atoms with Crippen LogP contribution in [0.4, 0.5) is 0 Å². The zero-order valence-electron chi connectivity index (χ0n) is 21.8. The molecule has 1 aliphatic heterocycles. The van der Waals surface area contributed by atoms with Gasteiger partial charge in [-0.15, -0.1) is 0 Å². The van der Waals surface area contributed by atoms with Gasteiger partial charge in [0.25, 0.3) is 0 Å². The monoisotopic (exact) mass is 512 g/mol. The van der Waals surface area contributed by atoms with Crippen LogP contribution in [0.25, 0.3) is 0 Å². The van der Waals surface area contributed by atoms with E-state index in [1.54, 1.807) is 37.9 Å². The lowest BCUT2D eigenvalue weighted by Crippen LogP contribution is -2.55. The second-order valence-electron chi connectivity index (χ2n) is 9.72. The van der Waals surface area contributed by atoms with Crippen LogP contribution in [0.3, 0.4) is 0 Å². The van der Waals surface area contributed by atoms with E-state index < -0.39 is 57.0 Å². The Balaban J connectivity index is 2.75. The number of nitrogens with zero attached hydrogens (tertiary/aromatic N) is 2. The van der Waals surface area contributed by atoms with Crippen molar-refractivity contribution in [3.8, 4) is 0 Å². The number of carbonyl (C=O) groups is 3. The summed E-state index contributed by atoms with van der Waals surface area (Å²) in [5, 5.41) is 0. The second-order valence-corrected chi connectivity index (χ2v) is 11.5. The molecular formula is C24H36N2O8S. The maximum absolute atomic E-state index is 14.1. The van der Waals surface area contributed by atoms with Crippen molar-refractivity contribution in [1.29, 1.82) is 0 Å². The Hall–Kier alpha value is -2.50. The quantitative estimate of drug-likeness (QED) is 0.292. The second kappa shape index (κ2) is 10.2. The highest BCUT2D eigenvalue weighted by molar-refractivity contribution is 7.89. The van der Waals surface area contributed by atoms with E-state index in [1.165, 1.54) is 23.5 Å². The summed E-state index contributed by atoms with van der Waals surface area (Å²) in [6.45, 7) is 9.15. The summed E-state index contributed by atoms with van der Waals surface area (Å²) in [7, 11) is 0.976. The highest BCUT2D eigenvalue weighted by atomic mass is 32.2. The summed E-state index contributed by atoms with van der Waals surface area (Å²) in [6.07, 6.45) is -1.44. The Labute approximate surface area is 207 Å². The van der Waals surface area contributed by atoms with E-state index in [4.69, 9.17) is 14.2 Å². The Morgan fingerprint density at radius 1 is 0.886 bits per heavy atom. The molecule has 0 N–H and O–H groups in total. The van der Waals surface area contributed by atoms with Crippen molar-refractivity contribution in [2.24, 2.45) is 11.8 Å². The normalized spacial score (nSPS) is 20.9. The predicted molar refractivity (Wildman–Crippen MR) is 128 cm³/mol. The molecule has 2 rings (SSSR count). The van der Waals surface area contributed by atoms with Gasteiger partial charge in [0.05, 0.1) is 43.8 Å². The molecule has 0 bridgehead atoms. The molecule has 1 aliphatic rings. The lowest BCUT2D eigenvalue weighted by Gasteiger charge is -2.41. The Morgan fingerprint density at radius 3 is 1.77 bits per heavy atom. The maximum Gasteiger partial charge on any atom is 0.320 e. The Morgan fingerprint density at radius 2 is 1.34 bits per heavy atom. The number of hydrogen-bond donors (Lipinski definition) is 0. The molecule has 0 aromatic heterocycles. The van der Waals surface area contributed by atoms with Gasteiger partial charge < -0.3 is 14.2 Å². The molecular weight excluding hydrogens is 476 g/mol. The van der Waals surface area contributed by atoms with Crippen molar-refractivity contribution in [3.63, 3.8) is 0 Å². The summed E-state index contributed by atoms with van der Waals surface area (Å²) in [6, 6.07) is 6.42. The highest BCUT2D eigenvalue weighted by Crippen LogP contribution is 2.48. The van der Waals surface area contributed by atoms with Gasteiger partial charge in [-0.25, -0.2) is 8.42 Å². The zero-order chi connectivity index (χ0) is 26.9. The summed E-state index contributed by atoms with van der Waals surface area (Å²) in [5.74, 6) is -5.21. The van der Waals surface area contributed by atoms with Gasteiger partial charge >= 0.3 is 17.9 Å². The van der Waals surface area contributed by atoms with E-state index in [9.17, 15) is 22.8 Å². The van der Waals surface area contributed by atoms with Crippen LogP contribution in [0.5, 0.6) is 0 Å². The molecule has 2 atom stereocenters. The average molecular weight is 513 g/mol. The molecule has 1 heterocycles. The van der Waals surface area contributed by atoms with Crippen molar-refractivity contribution >= 4 is 27.9 Å². The van der Waals surface area contributed by atoms with Crippen LogP contribution in [0.15, 0.2) is 29.2 Å². The summed E-state index contributed by atoms with van der Waals surface area (Å²) in [4.78, 5) is 39.8. The van der Waals surface area contributed by atoms with Crippen LogP contribution in [0.1, 0.15) is 39.7 Å². The SMILES string of the molecule is COC(=O)C(CC(C(=O)OC)C1N(C)C(C)(C)C(C)(C)N1S(=O)(=O)c1ccc(C)cc1)C(=O)OC. The molecule has 1 aromatic rings. The number of esters is 3. The van der Waals surface area contributed by atoms with Gasteiger partial charge in [-0.1, -0.05) is 17.7 Å². The van der Waals surface area contributed by atoms with E-state index in [0.717, 1.165) is 19.8 Å². The van der Waals surface area contributed by atoms with Gasteiger partial charge in [0.2, 0.25) is 10.0 Å². The first-order chi connectivity index (χ1) is 16.1. The molecule has 35 heavy (non-hydrogen) atoms. The molecule has 10 nitrogen and oxygen atoms in total. The van der Waals surface area contributed by atoms with Crippen molar-refractivity contribution in [2.45, 2.75) is 63.2 Å². The van der Waals surface area contributed by atoms with Gasteiger partial charge in [0, 0.05) is 5.54 Å². The molecule has 11 heteroatoms. The molecule has 1 saturated heterocycles. The summed E-state index contributed by atoms with van der Waals surface area (Å²) < 4.78 is 43.9. The smallest absolute Gasteiger partial charge is 0.320 e. The number of methoxy groups -OCH3 is 3. The van der Waals surface area contributed by atoms with Crippen LogP contribution in [-0.2, 0) is 38.6 Å². The van der Waals surface area contributed by atoms with E-state index in [-0.39, 0.29) is 11.3 Å². The fourth-order valence-corrected chi connectivity index (χ4v) is 6.64. The summed E-state index contributed by atoms with van der Waals surface area (Å²) in [5.41, 5.74) is -0.868. The molecule has 2 unspecified atom stereocenters. The number of benzene rings is 1. The molecule has 0 spiro atoms. The van der Waals surface area contributed by atoms with E-state index in [0.29, 0.717) is 0 Å². The molecule has 196 valence electrons. The summed E-state index contributed by atoms with van der Waals surface area (Å²) >= 11 is 0. The largest absolute Gasteiger partial charge is 0.469 e. The van der Waals surface area contributed by atoms with E-state index >= 15 is 0 Å². The molecule has 0 radical (unpaired) electrons. The fraction of sp³-hybridized carbons (Fsp3) is 0.625. The Kier molecular flexibility index (Phi) is 8.41. The minimum absolute atomic E-state index is 0.0633. The predicted octanol–water partition coefficient (Wildman–Crippen LogP) is 1.96. The average Bonchev–Trinajstić information content (AvgIpc) is 2.95. The molecule has 1 aromatic carbocycles. The molecule has 0 aliphatic carbocycles. The van der Waals surface area contributed by atoms with Crippen LogP contribution in [0, 0.1) is 18.8 Å². The van der Waals surface area contributed by atoms with Crippen molar-refractivity contribution in [1.82, 2.24) is 9.21 Å². The van der Waals surface area contributed by atoms with Gasteiger partial charge in [-0.3, -0.25) is 19.3 Å². The van der Waals surface area contributed by atoms with Crippen LogP contribution in [-0.4, -0.2) is 81.2 Å². The zero-order valence-corrected chi connectivity index (χ0v) is 22.6. The standard InChI is InChI=1S/C24H36N2O8S/c1-15-10-12-16(13-11-15)35(30,31)26-19(25(6)23(2,3)24(26,4)5)17(20(27)32-7)14-18(21(28)33-8)22(29)34-9/h10-13,17-19H,14H2,1-9H3.